The Balaban J connectivity index is 2.02. The smallest absolute Gasteiger partial charge is 0.251 e. The van der Waals surface area contributed by atoms with Crippen molar-refractivity contribution < 1.29 is 9.90 Å². The second-order valence-corrected chi connectivity index (χ2v) is 5.64. The van der Waals surface area contributed by atoms with Gasteiger partial charge < -0.3 is 10.4 Å². The average Bonchev–Trinajstić information content (AvgIpc) is 2.85. The molecule has 0 saturated heterocycles. The second kappa shape index (κ2) is 5.89. The van der Waals surface area contributed by atoms with Gasteiger partial charge in [0.15, 0.2) is 0 Å². The molecule has 0 saturated carbocycles. The maximum Gasteiger partial charge on any atom is 0.251 e. The molecule has 0 aliphatic heterocycles. The first-order valence-electron chi connectivity index (χ1n) is 6.19. The number of hydrogen-bond donors (Lipinski definition) is 2. The van der Waals surface area contributed by atoms with E-state index in [0.29, 0.717) is 11.1 Å². The topological polar surface area (TPSA) is 49.3 Å². The zero-order valence-electron chi connectivity index (χ0n) is 11.0. The van der Waals surface area contributed by atoms with Crippen LogP contribution in [0.25, 0.3) is 0 Å². The summed E-state index contributed by atoms with van der Waals surface area (Å²) in [6.45, 7) is 3.73. The number of hydrogen-bond acceptors (Lipinski definition) is 3. The third-order valence-electron chi connectivity index (χ3n) is 3.01. The molecule has 2 N–H and O–H groups in total. The van der Waals surface area contributed by atoms with Crippen LogP contribution in [-0.4, -0.2) is 17.1 Å². The Morgan fingerprint density at radius 3 is 2.84 bits per heavy atom. The Bertz CT molecular complexity index is 564. The van der Waals surface area contributed by atoms with Gasteiger partial charge in [0.25, 0.3) is 5.91 Å². The van der Waals surface area contributed by atoms with E-state index in [0.717, 1.165) is 6.42 Å². The van der Waals surface area contributed by atoms with E-state index in [1.807, 2.05) is 18.4 Å². The van der Waals surface area contributed by atoms with Crippen LogP contribution in [0.5, 0.6) is 5.75 Å². The molecule has 4 heteroatoms. The predicted octanol–water partition coefficient (Wildman–Crippen LogP) is 3.12. The van der Waals surface area contributed by atoms with Crippen molar-refractivity contribution in [1.82, 2.24) is 5.32 Å². The molecular weight excluding hydrogens is 258 g/mol. The van der Waals surface area contributed by atoms with Crippen molar-refractivity contribution in [3.05, 3.63) is 51.7 Å². The van der Waals surface area contributed by atoms with E-state index in [1.54, 1.807) is 36.5 Å². The van der Waals surface area contributed by atoms with Crippen molar-refractivity contribution in [2.24, 2.45) is 0 Å². The van der Waals surface area contributed by atoms with E-state index < -0.39 is 0 Å². The summed E-state index contributed by atoms with van der Waals surface area (Å²) in [7, 11) is 0. The highest BCUT2D eigenvalue weighted by molar-refractivity contribution is 7.09. The molecule has 1 amide bonds. The summed E-state index contributed by atoms with van der Waals surface area (Å²) >= 11 is 1.69. The molecule has 1 aromatic heterocycles. The number of thiophene rings is 1. The van der Waals surface area contributed by atoms with Crippen LogP contribution in [0.1, 0.15) is 27.7 Å². The summed E-state index contributed by atoms with van der Waals surface area (Å²) in [6, 6.07) is 9.12. The van der Waals surface area contributed by atoms with Crippen LogP contribution in [0.2, 0.25) is 0 Å². The maximum absolute atomic E-state index is 12.1. The second-order valence-electron chi connectivity index (χ2n) is 4.61. The van der Waals surface area contributed by atoms with E-state index in [2.05, 4.69) is 11.4 Å². The average molecular weight is 275 g/mol. The van der Waals surface area contributed by atoms with Crippen molar-refractivity contribution in [2.75, 3.05) is 0 Å². The summed E-state index contributed by atoms with van der Waals surface area (Å²) in [5, 5.41) is 14.6. The summed E-state index contributed by atoms with van der Waals surface area (Å²) in [4.78, 5) is 13.4. The van der Waals surface area contributed by atoms with Crippen LogP contribution in [0.4, 0.5) is 0 Å². The predicted molar refractivity (Wildman–Crippen MR) is 77.8 cm³/mol. The lowest BCUT2D eigenvalue weighted by atomic mass is 10.1. The first kappa shape index (κ1) is 13.6. The SMILES string of the molecule is Cc1c(O)cccc1C(=O)N[C@@H](C)Cc1cccs1. The normalized spacial score (nSPS) is 12.1. The highest BCUT2D eigenvalue weighted by Gasteiger charge is 2.14. The fourth-order valence-corrected chi connectivity index (χ4v) is 2.79. The van der Waals surface area contributed by atoms with Gasteiger partial charge in [0.1, 0.15) is 5.75 Å². The number of phenolic OH excluding ortho intramolecular Hbond substituents is 1. The number of rotatable bonds is 4. The van der Waals surface area contributed by atoms with Gasteiger partial charge in [-0.15, -0.1) is 11.3 Å². The molecule has 1 aromatic carbocycles. The Kier molecular flexibility index (Phi) is 4.22. The van der Waals surface area contributed by atoms with Gasteiger partial charge >= 0.3 is 0 Å². The van der Waals surface area contributed by atoms with Crippen molar-refractivity contribution >= 4 is 17.2 Å². The molecule has 19 heavy (non-hydrogen) atoms. The standard InChI is InChI=1S/C15H17NO2S/c1-10(9-12-5-4-8-19-12)16-15(18)13-6-3-7-14(17)11(13)2/h3-8,10,17H,9H2,1-2H3,(H,16,18)/t10-/m0/s1. The molecule has 0 radical (unpaired) electrons. The summed E-state index contributed by atoms with van der Waals surface area (Å²) < 4.78 is 0. The van der Waals surface area contributed by atoms with Gasteiger partial charge in [-0.2, -0.15) is 0 Å². The number of amides is 1. The van der Waals surface area contributed by atoms with Gasteiger partial charge in [0, 0.05) is 28.5 Å². The Morgan fingerprint density at radius 2 is 2.16 bits per heavy atom. The minimum Gasteiger partial charge on any atom is -0.508 e. The van der Waals surface area contributed by atoms with E-state index >= 15 is 0 Å². The molecule has 1 atom stereocenters. The van der Waals surface area contributed by atoms with Crippen molar-refractivity contribution in [2.45, 2.75) is 26.3 Å². The quantitative estimate of drug-likeness (QED) is 0.900. The number of carbonyl (C=O) groups excluding carboxylic acids is 1. The number of nitrogens with one attached hydrogen (secondary N) is 1. The number of benzene rings is 1. The van der Waals surface area contributed by atoms with Crippen molar-refractivity contribution in [3.8, 4) is 5.75 Å². The largest absolute Gasteiger partial charge is 0.508 e. The highest BCUT2D eigenvalue weighted by Crippen LogP contribution is 2.19. The molecule has 0 bridgehead atoms. The van der Waals surface area contributed by atoms with Crippen molar-refractivity contribution in [3.63, 3.8) is 0 Å². The van der Waals surface area contributed by atoms with Gasteiger partial charge in [0.2, 0.25) is 0 Å². The van der Waals surface area contributed by atoms with E-state index in [9.17, 15) is 9.90 Å². The molecule has 0 spiro atoms. The molecule has 0 unspecified atom stereocenters. The first-order chi connectivity index (χ1) is 9.08. The van der Waals surface area contributed by atoms with Crippen LogP contribution in [0, 0.1) is 6.92 Å². The summed E-state index contributed by atoms with van der Waals surface area (Å²) in [6.07, 6.45) is 0.821. The molecule has 2 rings (SSSR count). The molecule has 1 heterocycles. The lowest BCUT2D eigenvalue weighted by Crippen LogP contribution is -2.34. The van der Waals surface area contributed by atoms with Crippen LogP contribution < -0.4 is 5.32 Å². The Hall–Kier alpha value is -1.81. The van der Waals surface area contributed by atoms with Crippen LogP contribution in [-0.2, 0) is 6.42 Å². The lowest BCUT2D eigenvalue weighted by molar-refractivity contribution is 0.0939. The van der Waals surface area contributed by atoms with Crippen molar-refractivity contribution in [1.29, 1.82) is 0 Å². The summed E-state index contributed by atoms with van der Waals surface area (Å²) in [5.74, 6) is 0.0102. The zero-order chi connectivity index (χ0) is 13.8. The van der Waals surface area contributed by atoms with E-state index in [1.165, 1.54) is 4.88 Å². The van der Waals surface area contributed by atoms with Crippen LogP contribution in [0.15, 0.2) is 35.7 Å². The molecule has 2 aromatic rings. The Labute approximate surface area is 116 Å². The monoisotopic (exact) mass is 275 g/mol. The Morgan fingerprint density at radius 1 is 1.37 bits per heavy atom. The fraction of sp³-hybridized carbons (Fsp3) is 0.267. The minimum atomic E-state index is -0.141. The molecule has 0 aliphatic rings. The summed E-state index contributed by atoms with van der Waals surface area (Å²) in [5.41, 5.74) is 1.14. The third kappa shape index (κ3) is 3.35. The number of phenols is 1. The van der Waals surface area contributed by atoms with Gasteiger partial charge in [-0.25, -0.2) is 0 Å². The number of aromatic hydroxyl groups is 1. The molecular formula is C15H17NO2S. The molecule has 0 fully saturated rings. The highest BCUT2D eigenvalue weighted by atomic mass is 32.1. The van der Waals surface area contributed by atoms with Gasteiger partial charge in [0.05, 0.1) is 0 Å². The molecule has 3 nitrogen and oxygen atoms in total. The fourth-order valence-electron chi connectivity index (χ4n) is 1.95. The first-order valence-corrected chi connectivity index (χ1v) is 7.07. The van der Waals surface area contributed by atoms with Crippen LogP contribution >= 0.6 is 11.3 Å². The van der Waals surface area contributed by atoms with Gasteiger partial charge in [-0.05, 0) is 37.4 Å². The van der Waals surface area contributed by atoms with Gasteiger partial charge in [-0.1, -0.05) is 12.1 Å². The third-order valence-corrected chi connectivity index (χ3v) is 3.91. The molecule has 100 valence electrons. The van der Waals surface area contributed by atoms with Crippen LogP contribution in [0.3, 0.4) is 0 Å². The zero-order valence-corrected chi connectivity index (χ0v) is 11.8. The maximum atomic E-state index is 12.1. The van der Waals surface area contributed by atoms with Gasteiger partial charge in [-0.3, -0.25) is 4.79 Å². The van der Waals surface area contributed by atoms with E-state index in [-0.39, 0.29) is 17.7 Å². The van der Waals surface area contributed by atoms with E-state index in [4.69, 9.17) is 0 Å². The number of carbonyl (C=O) groups is 1. The minimum absolute atomic E-state index is 0.0629. The lowest BCUT2D eigenvalue weighted by Gasteiger charge is -2.14. The molecule has 0 aliphatic carbocycles.